The molecule has 3 atom stereocenters. The average Bonchev–Trinajstić information content (AvgIpc) is 2.85. The molecule has 1 saturated heterocycles. The van der Waals surface area contributed by atoms with E-state index in [0.717, 1.165) is 0 Å². The number of halogens is 1. The van der Waals surface area contributed by atoms with Crippen molar-refractivity contribution in [1.82, 2.24) is 10.3 Å². The molecule has 8 heteroatoms. The monoisotopic (exact) mass is 347 g/mol. The predicted octanol–water partition coefficient (Wildman–Crippen LogP) is 1.19. The highest BCUT2D eigenvalue weighted by Gasteiger charge is 2.39. The number of ether oxygens (including phenoxy) is 2. The van der Waals surface area contributed by atoms with Crippen LogP contribution in [0.4, 0.5) is 4.39 Å². The van der Waals surface area contributed by atoms with Crippen LogP contribution in [0.1, 0.15) is 17.3 Å². The molecule has 1 fully saturated rings. The van der Waals surface area contributed by atoms with Gasteiger partial charge in [-0.05, 0) is 23.6 Å². The lowest BCUT2D eigenvalue weighted by Gasteiger charge is -2.17. The molecule has 1 aromatic carbocycles. The summed E-state index contributed by atoms with van der Waals surface area (Å²) in [4.78, 5) is 27.1. The van der Waals surface area contributed by atoms with Gasteiger partial charge in [-0.25, -0.2) is 9.37 Å². The van der Waals surface area contributed by atoms with E-state index >= 15 is 0 Å². The van der Waals surface area contributed by atoms with Crippen molar-refractivity contribution in [2.24, 2.45) is 11.7 Å². The fourth-order valence-corrected chi connectivity index (χ4v) is 2.85. The molecule has 3 N–H and O–H groups in total. The lowest BCUT2D eigenvalue weighted by atomic mass is 10.0. The van der Waals surface area contributed by atoms with Crippen LogP contribution in [-0.4, -0.2) is 42.7 Å². The highest BCUT2D eigenvalue weighted by Crippen LogP contribution is 2.31. The topological polar surface area (TPSA) is 104 Å². The molecular weight excluding hydrogens is 329 g/mol. The van der Waals surface area contributed by atoms with Crippen molar-refractivity contribution in [2.45, 2.75) is 19.1 Å². The summed E-state index contributed by atoms with van der Waals surface area (Å²) >= 11 is 0. The van der Waals surface area contributed by atoms with Gasteiger partial charge >= 0.3 is 0 Å². The molecule has 0 saturated carbocycles. The van der Waals surface area contributed by atoms with Gasteiger partial charge in [-0.2, -0.15) is 0 Å². The van der Waals surface area contributed by atoms with Crippen molar-refractivity contribution in [3.63, 3.8) is 0 Å². The largest absolute Gasteiger partial charge is 0.496 e. The molecule has 1 aromatic heterocycles. The molecule has 0 radical (unpaired) electrons. The summed E-state index contributed by atoms with van der Waals surface area (Å²) in [6, 6.07) is 4.49. The standard InChI is InChI=1S/C17H18FN3O4/c1-8-12(21-16(23)14(8)18)7-25-17-10-6-13(24-2)11(15(19)22)5-9(10)3-4-20-17/h3-6,8,12,14H,7H2,1-2H3,(H2,19,22)(H,21,23)/t8?,12?,14-/m1/s1. The van der Waals surface area contributed by atoms with Crippen molar-refractivity contribution in [1.29, 1.82) is 0 Å². The number of pyridine rings is 1. The number of nitrogens with two attached hydrogens (primary N) is 1. The van der Waals surface area contributed by atoms with Gasteiger partial charge in [0, 0.05) is 17.5 Å². The average molecular weight is 347 g/mol. The number of hydrogen-bond donors (Lipinski definition) is 2. The van der Waals surface area contributed by atoms with E-state index in [4.69, 9.17) is 15.2 Å². The third-order valence-electron chi connectivity index (χ3n) is 4.39. The fourth-order valence-electron chi connectivity index (χ4n) is 2.85. The van der Waals surface area contributed by atoms with Crippen LogP contribution in [0.25, 0.3) is 10.8 Å². The van der Waals surface area contributed by atoms with Crippen LogP contribution in [0.5, 0.6) is 11.6 Å². The second-order valence-corrected chi connectivity index (χ2v) is 5.94. The Bertz CT molecular complexity index is 842. The van der Waals surface area contributed by atoms with Crippen LogP contribution >= 0.6 is 0 Å². The molecule has 2 amide bonds. The second-order valence-electron chi connectivity index (χ2n) is 5.94. The van der Waals surface area contributed by atoms with Gasteiger partial charge in [-0.15, -0.1) is 0 Å². The molecule has 0 spiro atoms. The Hall–Kier alpha value is -2.90. The first-order valence-corrected chi connectivity index (χ1v) is 7.76. The summed E-state index contributed by atoms with van der Waals surface area (Å²) in [7, 11) is 1.43. The number of nitrogens with zero attached hydrogens (tertiary/aromatic N) is 1. The van der Waals surface area contributed by atoms with Crippen molar-refractivity contribution >= 4 is 22.6 Å². The second kappa shape index (κ2) is 6.54. The Labute approximate surface area is 143 Å². The first-order chi connectivity index (χ1) is 11.9. The van der Waals surface area contributed by atoms with Crippen molar-refractivity contribution < 1.29 is 23.5 Å². The highest BCUT2D eigenvalue weighted by molar-refractivity contribution is 6.01. The van der Waals surface area contributed by atoms with E-state index < -0.39 is 29.9 Å². The van der Waals surface area contributed by atoms with Crippen molar-refractivity contribution in [3.05, 3.63) is 30.0 Å². The number of benzene rings is 1. The van der Waals surface area contributed by atoms with Gasteiger partial charge in [0.15, 0.2) is 6.17 Å². The molecule has 2 heterocycles. The molecular formula is C17H18FN3O4. The van der Waals surface area contributed by atoms with Gasteiger partial charge in [0.25, 0.3) is 11.8 Å². The van der Waals surface area contributed by atoms with E-state index in [-0.39, 0.29) is 12.2 Å². The first-order valence-electron chi connectivity index (χ1n) is 7.76. The van der Waals surface area contributed by atoms with Crippen LogP contribution in [0.2, 0.25) is 0 Å². The van der Waals surface area contributed by atoms with Crippen molar-refractivity contribution in [2.75, 3.05) is 13.7 Å². The van der Waals surface area contributed by atoms with Gasteiger partial charge in [0.05, 0.1) is 18.7 Å². The third kappa shape index (κ3) is 3.07. The number of nitrogens with one attached hydrogen (secondary N) is 1. The Morgan fingerprint density at radius 1 is 1.44 bits per heavy atom. The quantitative estimate of drug-likeness (QED) is 0.846. The number of rotatable bonds is 5. The minimum Gasteiger partial charge on any atom is -0.496 e. The normalized spacial score (nSPS) is 22.7. The number of fused-ring (bicyclic) bond motifs is 1. The zero-order valence-electron chi connectivity index (χ0n) is 13.8. The maximum absolute atomic E-state index is 13.6. The summed E-state index contributed by atoms with van der Waals surface area (Å²) in [5.74, 6) is -1.10. The minimum absolute atomic E-state index is 0.0827. The van der Waals surface area contributed by atoms with E-state index in [1.165, 1.54) is 13.3 Å². The van der Waals surface area contributed by atoms with Crippen molar-refractivity contribution in [3.8, 4) is 11.6 Å². The zero-order chi connectivity index (χ0) is 18.1. The Balaban J connectivity index is 1.89. The zero-order valence-corrected chi connectivity index (χ0v) is 13.8. The summed E-state index contributed by atoms with van der Waals surface area (Å²) in [5, 5.41) is 3.89. The number of aromatic nitrogens is 1. The Morgan fingerprint density at radius 2 is 2.20 bits per heavy atom. The number of carbonyl (C=O) groups is 2. The molecule has 2 aromatic rings. The molecule has 1 aliphatic rings. The van der Waals surface area contributed by atoms with E-state index in [1.807, 2.05) is 0 Å². The lowest BCUT2D eigenvalue weighted by molar-refractivity contribution is -0.123. The molecule has 7 nitrogen and oxygen atoms in total. The molecule has 25 heavy (non-hydrogen) atoms. The number of primary amides is 1. The maximum atomic E-state index is 13.6. The van der Waals surface area contributed by atoms with E-state index in [0.29, 0.717) is 22.4 Å². The number of hydrogen-bond acceptors (Lipinski definition) is 5. The van der Waals surface area contributed by atoms with Crippen LogP contribution in [0.3, 0.4) is 0 Å². The van der Waals surface area contributed by atoms with E-state index in [2.05, 4.69) is 10.3 Å². The Kier molecular flexibility index (Phi) is 4.43. The lowest BCUT2D eigenvalue weighted by Crippen LogP contribution is -2.34. The number of amides is 2. The predicted molar refractivity (Wildman–Crippen MR) is 88.3 cm³/mol. The summed E-state index contributed by atoms with van der Waals surface area (Å²) in [5.41, 5.74) is 5.61. The molecule has 1 aliphatic heterocycles. The molecule has 0 bridgehead atoms. The first kappa shape index (κ1) is 16.9. The fraction of sp³-hybridized carbons (Fsp3) is 0.353. The summed E-state index contributed by atoms with van der Waals surface area (Å²) in [6.07, 6.45) is -0.00363. The highest BCUT2D eigenvalue weighted by atomic mass is 19.1. The Morgan fingerprint density at radius 3 is 2.80 bits per heavy atom. The summed E-state index contributed by atoms with van der Waals surface area (Å²) in [6.45, 7) is 1.73. The van der Waals surface area contributed by atoms with Crippen LogP contribution < -0.4 is 20.5 Å². The molecule has 132 valence electrons. The molecule has 0 aliphatic carbocycles. The minimum atomic E-state index is -1.53. The summed E-state index contributed by atoms with van der Waals surface area (Å²) < 4.78 is 24.5. The van der Waals surface area contributed by atoms with E-state index in [1.54, 1.807) is 25.1 Å². The number of carbonyl (C=O) groups excluding carboxylic acids is 2. The van der Waals surface area contributed by atoms with Gasteiger partial charge in [0.2, 0.25) is 5.88 Å². The van der Waals surface area contributed by atoms with Crippen LogP contribution in [0.15, 0.2) is 24.4 Å². The maximum Gasteiger partial charge on any atom is 0.255 e. The SMILES string of the molecule is COc1cc2c(OCC3NC(=O)[C@H](F)C3C)nccc2cc1C(N)=O. The van der Waals surface area contributed by atoms with Crippen LogP contribution in [-0.2, 0) is 4.79 Å². The number of alkyl halides is 1. The van der Waals surface area contributed by atoms with Gasteiger partial charge < -0.3 is 20.5 Å². The van der Waals surface area contributed by atoms with Gasteiger partial charge in [-0.1, -0.05) is 6.92 Å². The third-order valence-corrected chi connectivity index (χ3v) is 4.39. The smallest absolute Gasteiger partial charge is 0.255 e. The van der Waals surface area contributed by atoms with Crippen LogP contribution in [0, 0.1) is 5.92 Å². The molecule has 3 rings (SSSR count). The van der Waals surface area contributed by atoms with Gasteiger partial charge in [-0.3, -0.25) is 9.59 Å². The number of methoxy groups -OCH3 is 1. The van der Waals surface area contributed by atoms with E-state index in [9.17, 15) is 14.0 Å². The molecule has 2 unspecified atom stereocenters. The van der Waals surface area contributed by atoms with Gasteiger partial charge in [0.1, 0.15) is 12.4 Å².